The van der Waals surface area contributed by atoms with E-state index in [9.17, 15) is 18.0 Å². The first-order valence-electron chi connectivity index (χ1n) is 12.0. The Bertz CT molecular complexity index is 1650. The van der Waals surface area contributed by atoms with Crippen LogP contribution in [0, 0.1) is 6.92 Å². The third kappa shape index (κ3) is 5.88. The van der Waals surface area contributed by atoms with Crippen molar-refractivity contribution in [2.24, 2.45) is 0 Å². The van der Waals surface area contributed by atoms with Gasteiger partial charge in [0.1, 0.15) is 5.25 Å². The number of rotatable bonds is 7. The van der Waals surface area contributed by atoms with Crippen molar-refractivity contribution in [3.8, 4) is 17.1 Å². The van der Waals surface area contributed by atoms with Crippen LogP contribution in [0.2, 0.25) is 5.02 Å². The Morgan fingerprint density at radius 1 is 0.975 bits per heavy atom. The van der Waals surface area contributed by atoms with Crippen molar-refractivity contribution in [3.63, 3.8) is 0 Å². The lowest BCUT2D eigenvalue weighted by Crippen LogP contribution is -2.20. The molecule has 5 rings (SSSR count). The lowest BCUT2D eigenvalue weighted by Gasteiger charge is -2.19. The highest BCUT2D eigenvalue weighted by molar-refractivity contribution is 8.00. The van der Waals surface area contributed by atoms with Crippen LogP contribution in [0.1, 0.15) is 21.9 Å². The predicted octanol–water partition coefficient (Wildman–Crippen LogP) is 7.78. The third-order valence-corrected chi connectivity index (χ3v) is 7.55. The van der Waals surface area contributed by atoms with Crippen LogP contribution in [0.15, 0.2) is 102 Å². The number of anilines is 1. The molecule has 0 saturated carbocycles. The normalized spacial score (nSPS) is 12.2. The smallest absolute Gasteiger partial charge is 0.323 e. The van der Waals surface area contributed by atoms with E-state index >= 15 is 0 Å². The van der Waals surface area contributed by atoms with Crippen LogP contribution < -0.4 is 5.32 Å². The number of hydrogen-bond donors (Lipinski definition) is 1. The van der Waals surface area contributed by atoms with E-state index in [2.05, 4.69) is 20.5 Å². The van der Waals surface area contributed by atoms with Crippen LogP contribution in [-0.4, -0.2) is 25.7 Å². The summed E-state index contributed by atoms with van der Waals surface area (Å²) < 4.78 is 41.9. The minimum absolute atomic E-state index is 0.0138. The number of benzene rings is 3. The maximum atomic E-state index is 13.7. The van der Waals surface area contributed by atoms with E-state index in [4.69, 9.17) is 11.6 Å². The summed E-state index contributed by atoms with van der Waals surface area (Å²) >= 11 is 7.30. The van der Waals surface area contributed by atoms with Gasteiger partial charge in [-0.05, 0) is 54.4 Å². The minimum Gasteiger partial charge on any atom is -0.323 e. The number of carbonyl (C=O) groups excluding carboxylic acids is 1. The Morgan fingerprint density at radius 2 is 1.73 bits per heavy atom. The number of amides is 1. The molecule has 0 spiro atoms. The highest BCUT2D eigenvalue weighted by Crippen LogP contribution is 2.40. The van der Waals surface area contributed by atoms with Gasteiger partial charge in [0.15, 0.2) is 11.0 Å². The summed E-state index contributed by atoms with van der Waals surface area (Å²) in [6, 6.07) is 23.0. The summed E-state index contributed by atoms with van der Waals surface area (Å²) in [6.07, 6.45) is -1.27. The van der Waals surface area contributed by atoms with Crippen molar-refractivity contribution in [3.05, 3.63) is 119 Å². The molecule has 0 radical (unpaired) electrons. The molecule has 0 aliphatic rings. The van der Waals surface area contributed by atoms with Crippen molar-refractivity contribution in [1.29, 1.82) is 0 Å². The zero-order valence-electron chi connectivity index (χ0n) is 20.9. The molecule has 2 aromatic heterocycles. The molecular formula is C29H21ClF3N5OS. The Hall–Kier alpha value is -4.15. The molecule has 3 aromatic carbocycles. The van der Waals surface area contributed by atoms with Crippen molar-refractivity contribution in [2.45, 2.75) is 23.5 Å². The maximum absolute atomic E-state index is 13.7. The van der Waals surface area contributed by atoms with Gasteiger partial charge >= 0.3 is 6.18 Å². The fraction of sp³-hybridized carbons (Fsp3) is 0.103. The molecule has 1 N–H and O–H groups in total. The molecule has 0 bridgehead atoms. The highest BCUT2D eigenvalue weighted by Gasteiger charge is 2.32. The van der Waals surface area contributed by atoms with E-state index in [0.29, 0.717) is 16.5 Å². The van der Waals surface area contributed by atoms with Gasteiger partial charge in [0, 0.05) is 18.0 Å². The fourth-order valence-electron chi connectivity index (χ4n) is 4.06. The number of thioether (sulfide) groups is 1. The molecule has 0 fully saturated rings. The Kier molecular flexibility index (Phi) is 7.90. The van der Waals surface area contributed by atoms with Crippen LogP contribution >= 0.6 is 23.4 Å². The molecule has 2 heterocycles. The quantitative estimate of drug-likeness (QED) is 0.199. The number of aryl methyl sites for hydroxylation is 1. The number of nitrogens with zero attached hydrogens (tertiary/aromatic N) is 4. The number of carbonyl (C=O) groups is 1. The van der Waals surface area contributed by atoms with Gasteiger partial charge in [-0.1, -0.05) is 71.9 Å². The zero-order valence-corrected chi connectivity index (χ0v) is 22.5. The van der Waals surface area contributed by atoms with E-state index in [1.165, 1.54) is 0 Å². The lowest BCUT2D eigenvalue weighted by atomic mass is 10.1. The van der Waals surface area contributed by atoms with E-state index in [0.717, 1.165) is 46.8 Å². The molecule has 0 aliphatic heterocycles. The third-order valence-electron chi connectivity index (χ3n) is 6.02. The zero-order chi connectivity index (χ0) is 28.3. The Balaban J connectivity index is 1.57. The van der Waals surface area contributed by atoms with Crippen LogP contribution in [0.5, 0.6) is 0 Å². The van der Waals surface area contributed by atoms with Gasteiger partial charge in [-0.15, -0.1) is 10.2 Å². The molecule has 1 amide bonds. The van der Waals surface area contributed by atoms with Gasteiger partial charge < -0.3 is 5.32 Å². The van der Waals surface area contributed by atoms with Gasteiger partial charge in [0.25, 0.3) is 0 Å². The minimum atomic E-state index is -4.59. The largest absolute Gasteiger partial charge is 0.416 e. The molecule has 202 valence electrons. The molecule has 6 nitrogen and oxygen atoms in total. The Labute approximate surface area is 237 Å². The summed E-state index contributed by atoms with van der Waals surface area (Å²) in [5.74, 6) is -0.0438. The summed E-state index contributed by atoms with van der Waals surface area (Å²) in [5, 5.41) is 10.9. The molecule has 40 heavy (non-hydrogen) atoms. The number of hydrogen-bond acceptors (Lipinski definition) is 5. The molecule has 11 heteroatoms. The van der Waals surface area contributed by atoms with E-state index < -0.39 is 22.9 Å². The van der Waals surface area contributed by atoms with Crippen molar-refractivity contribution in [2.75, 3.05) is 5.32 Å². The summed E-state index contributed by atoms with van der Waals surface area (Å²) in [5.41, 5.74) is 2.04. The number of alkyl halides is 3. The van der Waals surface area contributed by atoms with E-state index in [1.807, 2.05) is 47.9 Å². The number of nitrogens with one attached hydrogen (secondary N) is 1. The maximum Gasteiger partial charge on any atom is 0.416 e. The number of para-hydroxylation sites is 1. The standard InChI is InChI=1S/C29H21ClF3N5OS/c1-18-8-5-6-12-24(18)38-26(20-11-7-15-34-17-20)36-37-28(38)40-25(19-9-3-2-4-10-19)27(39)35-23-16-21(29(31,32)33)13-14-22(23)30/h2-17,25H,1H3,(H,35,39)/t25-/m1/s1. The second-order valence-corrected chi connectivity index (χ2v) is 10.2. The van der Waals surface area contributed by atoms with E-state index in [1.54, 1.807) is 42.7 Å². The van der Waals surface area contributed by atoms with Crippen molar-refractivity contribution < 1.29 is 18.0 Å². The summed E-state index contributed by atoms with van der Waals surface area (Å²) in [7, 11) is 0. The van der Waals surface area contributed by atoms with Gasteiger partial charge in [-0.25, -0.2) is 0 Å². The van der Waals surface area contributed by atoms with Crippen LogP contribution in [0.4, 0.5) is 18.9 Å². The fourth-order valence-corrected chi connectivity index (χ4v) is 5.27. The van der Waals surface area contributed by atoms with Crippen LogP contribution in [-0.2, 0) is 11.0 Å². The van der Waals surface area contributed by atoms with Gasteiger partial charge in [0.05, 0.1) is 22.0 Å². The average molecular weight is 580 g/mol. The number of halogens is 4. The predicted molar refractivity (Wildman–Crippen MR) is 149 cm³/mol. The monoisotopic (exact) mass is 579 g/mol. The lowest BCUT2D eigenvalue weighted by molar-refractivity contribution is -0.137. The van der Waals surface area contributed by atoms with Gasteiger partial charge in [-0.3, -0.25) is 14.3 Å². The first-order valence-corrected chi connectivity index (χ1v) is 13.3. The SMILES string of the molecule is Cc1ccccc1-n1c(S[C@@H](C(=O)Nc2cc(C(F)(F)F)ccc2Cl)c2ccccc2)nnc1-c1cccnc1. The number of aromatic nitrogens is 4. The molecule has 0 unspecified atom stereocenters. The highest BCUT2D eigenvalue weighted by atomic mass is 35.5. The molecule has 5 aromatic rings. The van der Waals surface area contributed by atoms with E-state index in [-0.39, 0.29) is 10.7 Å². The van der Waals surface area contributed by atoms with Gasteiger partial charge in [0.2, 0.25) is 5.91 Å². The first-order chi connectivity index (χ1) is 19.2. The second kappa shape index (κ2) is 11.5. The Morgan fingerprint density at radius 3 is 2.42 bits per heavy atom. The summed E-state index contributed by atoms with van der Waals surface area (Å²) in [6.45, 7) is 1.95. The second-order valence-electron chi connectivity index (χ2n) is 8.76. The first kappa shape index (κ1) is 27.4. The number of pyridine rings is 1. The molecule has 1 atom stereocenters. The topological polar surface area (TPSA) is 72.7 Å². The molecule has 0 aliphatic carbocycles. The molecule has 0 saturated heterocycles. The van der Waals surface area contributed by atoms with Crippen molar-refractivity contribution >= 4 is 35.0 Å². The van der Waals surface area contributed by atoms with Gasteiger partial charge in [-0.2, -0.15) is 13.2 Å². The van der Waals surface area contributed by atoms with Crippen LogP contribution in [0.3, 0.4) is 0 Å². The summed E-state index contributed by atoms with van der Waals surface area (Å²) in [4.78, 5) is 17.9. The van der Waals surface area contributed by atoms with Crippen LogP contribution in [0.25, 0.3) is 17.1 Å². The van der Waals surface area contributed by atoms with Crippen molar-refractivity contribution in [1.82, 2.24) is 19.7 Å². The average Bonchev–Trinajstić information content (AvgIpc) is 3.37. The molecular weight excluding hydrogens is 559 g/mol.